The van der Waals surface area contributed by atoms with Crippen LogP contribution in [0.1, 0.15) is 28.3 Å². The highest BCUT2D eigenvalue weighted by atomic mass is 16.3. The third-order valence-electron chi connectivity index (χ3n) is 3.50. The van der Waals surface area contributed by atoms with Gasteiger partial charge < -0.3 is 0 Å². The second-order valence-electron chi connectivity index (χ2n) is 4.87. The van der Waals surface area contributed by atoms with Crippen molar-refractivity contribution >= 4 is 5.78 Å². The largest absolute Gasteiger partial charge is 0.294 e. The van der Waals surface area contributed by atoms with Crippen molar-refractivity contribution in [3.8, 4) is 17.9 Å². The summed E-state index contributed by atoms with van der Waals surface area (Å²) in [5.41, 5.74) is 0.838. The van der Waals surface area contributed by atoms with Crippen molar-refractivity contribution in [1.82, 2.24) is 0 Å². The van der Waals surface area contributed by atoms with E-state index in [-0.39, 0.29) is 18.0 Å². The molecule has 0 N–H and O–H groups in total. The van der Waals surface area contributed by atoms with Crippen molar-refractivity contribution < 1.29 is 9.90 Å². The molecule has 0 heterocycles. The first kappa shape index (κ1) is 15.3. The molecule has 2 aromatic rings. The molecule has 0 saturated heterocycles. The molecule has 0 aliphatic heterocycles. The van der Waals surface area contributed by atoms with Gasteiger partial charge in [-0.2, -0.15) is 10.5 Å². The molecular formula is C18H13N2O2. The summed E-state index contributed by atoms with van der Waals surface area (Å²) in [7, 11) is 0. The van der Waals surface area contributed by atoms with Crippen LogP contribution in [0.5, 0.6) is 5.75 Å². The number of nitrogens with zero attached hydrogens (tertiary/aromatic N) is 2. The molecule has 0 aliphatic carbocycles. The van der Waals surface area contributed by atoms with Crippen LogP contribution in [-0.4, -0.2) is 5.78 Å². The maximum atomic E-state index is 12.4. The van der Waals surface area contributed by atoms with Gasteiger partial charge in [0.15, 0.2) is 11.5 Å². The molecule has 0 saturated carbocycles. The van der Waals surface area contributed by atoms with Crippen LogP contribution >= 0.6 is 0 Å². The second-order valence-corrected chi connectivity index (χ2v) is 4.87. The Morgan fingerprint density at radius 2 is 1.55 bits per heavy atom. The number of carbonyl (C=O) groups is 1. The van der Waals surface area contributed by atoms with Crippen LogP contribution in [0.3, 0.4) is 0 Å². The molecule has 1 unspecified atom stereocenters. The fourth-order valence-corrected chi connectivity index (χ4v) is 2.34. The molecule has 0 aliphatic rings. The lowest BCUT2D eigenvalue weighted by Gasteiger charge is -2.17. The third kappa shape index (κ3) is 3.31. The molecule has 22 heavy (non-hydrogen) atoms. The Hall–Kier alpha value is -3.11. The van der Waals surface area contributed by atoms with Crippen molar-refractivity contribution in [3.63, 3.8) is 0 Å². The zero-order chi connectivity index (χ0) is 15.9. The topological polar surface area (TPSA) is 84.6 Å². The number of hydrogen-bond acceptors (Lipinski definition) is 3. The van der Waals surface area contributed by atoms with E-state index in [1.807, 2.05) is 12.1 Å². The first-order valence-corrected chi connectivity index (χ1v) is 6.80. The lowest BCUT2D eigenvalue weighted by atomic mass is 9.82. The number of benzene rings is 2. The first-order valence-electron chi connectivity index (χ1n) is 6.80. The Kier molecular flexibility index (Phi) is 4.90. The number of hydrogen-bond donors (Lipinski definition) is 0. The quantitative estimate of drug-likeness (QED) is 0.783. The number of rotatable bonds is 5. The fraction of sp³-hybridized carbons (Fsp3) is 0.167. The van der Waals surface area contributed by atoms with Crippen LogP contribution in [0.15, 0.2) is 54.6 Å². The van der Waals surface area contributed by atoms with E-state index in [0.717, 1.165) is 0 Å². The molecule has 0 amide bonds. The predicted molar refractivity (Wildman–Crippen MR) is 79.4 cm³/mol. The lowest BCUT2D eigenvalue weighted by molar-refractivity contribution is 0.0970. The van der Waals surface area contributed by atoms with Gasteiger partial charge in [-0.25, -0.2) is 0 Å². The highest BCUT2D eigenvalue weighted by Gasteiger charge is 2.28. The van der Waals surface area contributed by atoms with Gasteiger partial charge in [-0.1, -0.05) is 48.5 Å². The van der Waals surface area contributed by atoms with E-state index >= 15 is 0 Å². The highest BCUT2D eigenvalue weighted by Crippen LogP contribution is 2.34. The van der Waals surface area contributed by atoms with Gasteiger partial charge in [-0.05, 0) is 6.07 Å². The first-order chi connectivity index (χ1) is 10.7. The number of Topliss-reactive ketones (excluding diaryl/α,β-unsaturated/α-hetero) is 1. The summed E-state index contributed by atoms with van der Waals surface area (Å²) in [4.78, 5) is 12.4. The SMILES string of the molecule is N#CC(C#N)C(CC(=O)c1ccccc1)c1ccccc1[O]. The van der Waals surface area contributed by atoms with Crippen molar-refractivity contribution in [2.75, 3.05) is 0 Å². The Morgan fingerprint density at radius 3 is 2.14 bits per heavy atom. The minimum atomic E-state index is -1.04. The summed E-state index contributed by atoms with van der Waals surface area (Å²) in [5, 5.41) is 30.3. The van der Waals surface area contributed by atoms with E-state index in [1.54, 1.807) is 48.5 Å². The average Bonchev–Trinajstić information content (AvgIpc) is 2.56. The van der Waals surface area contributed by atoms with Gasteiger partial charge in [0.2, 0.25) is 0 Å². The zero-order valence-corrected chi connectivity index (χ0v) is 11.8. The Morgan fingerprint density at radius 1 is 0.955 bits per heavy atom. The maximum Gasteiger partial charge on any atom is 0.182 e. The second kappa shape index (κ2) is 7.06. The van der Waals surface area contributed by atoms with Crippen LogP contribution in [0.2, 0.25) is 0 Å². The lowest BCUT2D eigenvalue weighted by Crippen LogP contribution is -2.15. The molecule has 4 heteroatoms. The van der Waals surface area contributed by atoms with Gasteiger partial charge in [0.25, 0.3) is 0 Å². The van der Waals surface area contributed by atoms with Crippen molar-refractivity contribution in [3.05, 3.63) is 65.7 Å². The van der Waals surface area contributed by atoms with Crippen molar-refractivity contribution in [2.45, 2.75) is 12.3 Å². The van der Waals surface area contributed by atoms with Crippen LogP contribution in [-0.2, 0) is 5.11 Å². The van der Waals surface area contributed by atoms with E-state index in [9.17, 15) is 9.90 Å². The van der Waals surface area contributed by atoms with Crippen LogP contribution < -0.4 is 0 Å². The molecule has 4 nitrogen and oxygen atoms in total. The molecule has 0 spiro atoms. The summed E-state index contributed by atoms with van der Waals surface area (Å²) >= 11 is 0. The maximum absolute atomic E-state index is 12.4. The Bertz CT molecular complexity index is 728. The highest BCUT2D eigenvalue weighted by molar-refractivity contribution is 5.96. The summed E-state index contributed by atoms with van der Waals surface area (Å²) < 4.78 is 0. The van der Waals surface area contributed by atoms with E-state index in [0.29, 0.717) is 11.1 Å². The minimum Gasteiger partial charge on any atom is -0.294 e. The summed E-state index contributed by atoms with van der Waals surface area (Å²) in [6, 6.07) is 18.6. The number of carbonyl (C=O) groups excluding carboxylic acids is 1. The van der Waals surface area contributed by atoms with Gasteiger partial charge in [-0.15, -0.1) is 0 Å². The molecule has 2 rings (SSSR count). The van der Waals surface area contributed by atoms with Crippen LogP contribution in [0.4, 0.5) is 0 Å². The Labute approximate surface area is 128 Å². The third-order valence-corrected chi connectivity index (χ3v) is 3.50. The standard InChI is InChI=1S/C18H13N2O2/c19-11-14(12-20)16(15-8-4-5-9-17(15)21)10-18(22)13-6-2-1-3-7-13/h1-9,14,16H,10H2. The van der Waals surface area contributed by atoms with Gasteiger partial charge >= 0.3 is 0 Å². The zero-order valence-electron chi connectivity index (χ0n) is 11.8. The molecule has 2 aromatic carbocycles. The van der Waals surface area contributed by atoms with Crippen molar-refractivity contribution in [2.24, 2.45) is 5.92 Å². The smallest absolute Gasteiger partial charge is 0.182 e. The average molecular weight is 289 g/mol. The molecule has 0 bridgehead atoms. The minimum absolute atomic E-state index is 0.0466. The predicted octanol–water partition coefficient (Wildman–Crippen LogP) is 3.85. The molecule has 0 fully saturated rings. The Balaban J connectivity index is 2.35. The van der Waals surface area contributed by atoms with Crippen LogP contribution in [0, 0.1) is 28.6 Å². The number of nitriles is 2. The molecule has 1 radical (unpaired) electrons. The fourth-order valence-electron chi connectivity index (χ4n) is 2.34. The van der Waals surface area contributed by atoms with Gasteiger partial charge in [0.05, 0.1) is 12.1 Å². The normalized spacial score (nSPS) is 11.4. The van der Waals surface area contributed by atoms with E-state index in [4.69, 9.17) is 10.5 Å². The van der Waals surface area contributed by atoms with E-state index in [2.05, 4.69) is 0 Å². The monoisotopic (exact) mass is 289 g/mol. The molecule has 0 aromatic heterocycles. The number of ketones is 1. The summed E-state index contributed by atoms with van der Waals surface area (Å²) in [6.45, 7) is 0. The van der Waals surface area contributed by atoms with Gasteiger partial charge in [-0.3, -0.25) is 9.90 Å². The summed E-state index contributed by atoms with van der Waals surface area (Å²) in [5.74, 6) is -2.22. The molecule has 1 atom stereocenters. The molecule has 107 valence electrons. The summed E-state index contributed by atoms with van der Waals surface area (Å²) in [6.07, 6.45) is -0.0466. The van der Waals surface area contributed by atoms with Crippen molar-refractivity contribution in [1.29, 1.82) is 10.5 Å². The van der Waals surface area contributed by atoms with Gasteiger partial charge in [0.1, 0.15) is 5.92 Å². The van der Waals surface area contributed by atoms with E-state index in [1.165, 1.54) is 6.07 Å². The van der Waals surface area contributed by atoms with Crippen LogP contribution in [0.25, 0.3) is 0 Å². The number of para-hydroxylation sites is 1. The van der Waals surface area contributed by atoms with E-state index < -0.39 is 11.8 Å². The van der Waals surface area contributed by atoms with Gasteiger partial charge in [0, 0.05) is 23.5 Å². The molecular weight excluding hydrogens is 276 g/mol.